The highest BCUT2D eigenvalue weighted by molar-refractivity contribution is 5.80. The van der Waals surface area contributed by atoms with E-state index < -0.39 is 0 Å². The van der Waals surface area contributed by atoms with Gasteiger partial charge in [-0.2, -0.15) is 0 Å². The maximum Gasteiger partial charge on any atom is 0.133 e. The van der Waals surface area contributed by atoms with Crippen LogP contribution in [0.4, 0.5) is 0 Å². The Morgan fingerprint density at radius 2 is 1.64 bits per heavy atom. The molecule has 0 saturated heterocycles. The lowest BCUT2D eigenvalue weighted by Gasteiger charge is -2.62. The van der Waals surface area contributed by atoms with Crippen molar-refractivity contribution >= 4 is 5.78 Å². The Labute approximate surface area is 136 Å². The van der Waals surface area contributed by atoms with Crippen molar-refractivity contribution in [2.75, 3.05) is 0 Å². The molecule has 1 nitrogen and oxygen atoms in total. The second kappa shape index (κ2) is 4.84. The second-order valence-corrected chi connectivity index (χ2v) is 9.89. The Balaban J connectivity index is 1.67. The highest BCUT2D eigenvalue weighted by Crippen LogP contribution is 2.68. The largest absolute Gasteiger partial charge is 0.300 e. The molecule has 4 fully saturated rings. The summed E-state index contributed by atoms with van der Waals surface area (Å²) in [5, 5.41) is 0. The molecule has 0 heterocycles. The third-order valence-corrected chi connectivity index (χ3v) is 9.51. The molecule has 0 aliphatic heterocycles. The van der Waals surface area contributed by atoms with Crippen LogP contribution < -0.4 is 0 Å². The molecule has 0 N–H and O–H groups in total. The van der Waals surface area contributed by atoms with Gasteiger partial charge < -0.3 is 0 Å². The predicted molar refractivity (Wildman–Crippen MR) is 90.4 cm³/mol. The molecule has 4 rings (SSSR count). The zero-order valence-corrected chi connectivity index (χ0v) is 15.0. The average molecular weight is 303 g/mol. The number of Topliss-reactive ketones (excluding diaryl/α,β-unsaturated/α-hetero) is 1. The Bertz CT molecular complexity index is 482. The number of ketones is 1. The summed E-state index contributed by atoms with van der Waals surface area (Å²) < 4.78 is 0. The summed E-state index contributed by atoms with van der Waals surface area (Å²) in [5.41, 5.74) is 1.07. The second-order valence-electron chi connectivity index (χ2n) is 9.89. The third-order valence-electron chi connectivity index (χ3n) is 9.51. The van der Waals surface area contributed by atoms with E-state index in [1.54, 1.807) is 0 Å². The summed E-state index contributed by atoms with van der Waals surface area (Å²) in [4.78, 5) is 12.1. The predicted octanol–water partition coefficient (Wildman–Crippen LogP) is 5.48. The molecule has 0 radical (unpaired) electrons. The molecular weight excluding hydrogens is 268 g/mol. The Morgan fingerprint density at radius 1 is 0.864 bits per heavy atom. The third kappa shape index (κ3) is 1.80. The van der Waals surface area contributed by atoms with Gasteiger partial charge in [0.2, 0.25) is 0 Å². The zero-order chi connectivity index (χ0) is 15.7. The van der Waals surface area contributed by atoms with Crippen LogP contribution in [-0.2, 0) is 4.79 Å². The zero-order valence-electron chi connectivity index (χ0n) is 15.0. The van der Waals surface area contributed by atoms with Gasteiger partial charge in [-0.05, 0) is 84.9 Å². The summed E-state index contributed by atoms with van der Waals surface area (Å²) in [5.74, 6) is 5.60. The van der Waals surface area contributed by atoms with Gasteiger partial charge in [0.05, 0.1) is 0 Å². The summed E-state index contributed by atoms with van der Waals surface area (Å²) in [6, 6.07) is 0. The van der Waals surface area contributed by atoms with Gasteiger partial charge in [-0.25, -0.2) is 0 Å². The maximum atomic E-state index is 12.1. The molecule has 0 aromatic carbocycles. The minimum Gasteiger partial charge on any atom is -0.300 e. The van der Waals surface area contributed by atoms with Gasteiger partial charge >= 0.3 is 0 Å². The van der Waals surface area contributed by atoms with E-state index in [0.717, 1.165) is 36.5 Å². The van der Waals surface area contributed by atoms with Gasteiger partial charge in [0.25, 0.3) is 0 Å². The lowest BCUT2D eigenvalue weighted by Crippen LogP contribution is -2.56. The molecule has 0 spiro atoms. The number of hydrogen-bond acceptors (Lipinski definition) is 1. The van der Waals surface area contributed by atoms with Gasteiger partial charge in [0.1, 0.15) is 5.78 Å². The van der Waals surface area contributed by atoms with Crippen molar-refractivity contribution in [3.8, 4) is 0 Å². The van der Waals surface area contributed by atoms with Crippen molar-refractivity contribution in [1.82, 2.24) is 0 Å². The first-order valence-corrected chi connectivity index (χ1v) is 9.89. The summed E-state index contributed by atoms with van der Waals surface area (Å²) in [6.07, 6.45) is 10.3. The van der Waals surface area contributed by atoms with E-state index in [1.165, 1.54) is 38.5 Å². The lowest BCUT2D eigenvalue weighted by molar-refractivity contribution is -0.151. The van der Waals surface area contributed by atoms with Crippen LogP contribution in [0.3, 0.4) is 0 Å². The molecule has 4 saturated carbocycles. The van der Waals surface area contributed by atoms with Crippen LogP contribution in [0.5, 0.6) is 0 Å². The Kier molecular flexibility index (Phi) is 3.34. The van der Waals surface area contributed by atoms with E-state index >= 15 is 0 Å². The molecule has 22 heavy (non-hydrogen) atoms. The van der Waals surface area contributed by atoms with Crippen molar-refractivity contribution in [2.45, 2.75) is 79.1 Å². The average Bonchev–Trinajstić information content (AvgIpc) is 2.77. The van der Waals surface area contributed by atoms with Crippen LogP contribution in [-0.4, -0.2) is 5.78 Å². The van der Waals surface area contributed by atoms with Gasteiger partial charge in [0.15, 0.2) is 0 Å². The monoisotopic (exact) mass is 302 g/mol. The van der Waals surface area contributed by atoms with Gasteiger partial charge in [-0.3, -0.25) is 4.79 Å². The molecule has 0 aromatic rings. The van der Waals surface area contributed by atoms with E-state index in [4.69, 9.17) is 0 Å². The van der Waals surface area contributed by atoms with Gasteiger partial charge in [0, 0.05) is 12.8 Å². The molecule has 8 atom stereocenters. The number of fused-ring (bicyclic) bond motifs is 5. The Morgan fingerprint density at radius 3 is 2.41 bits per heavy atom. The highest BCUT2D eigenvalue weighted by Gasteiger charge is 2.60. The van der Waals surface area contributed by atoms with E-state index in [2.05, 4.69) is 27.7 Å². The summed E-state index contributed by atoms with van der Waals surface area (Å²) in [6.45, 7) is 10.1. The first kappa shape index (κ1) is 15.2. The van der Waals surface area contributed by atoms with Crippen LogP contribution in [0.25, 0.3) is 0 Å². The lowest BCUT2D eigenvalue weighted by atomic mass is 9.43. The van der Waals surface area contributed by atoms with Crippen LogP contribution in [0.15, 0.2) is 0 Å². The first-order valence-electron chi connectivity index (χ1n) is 9.89. The van der Waals surface area contributed by atoms with Crippen molar-refractivity contribution in [1.29, 1.82) is 0 Å². The molecule has 7 unspecified atom stereocenters. The molecule has 0 aromatic heterocycles. The van der Waals surface area contributed by atoms with Crippen molar-refractivity contribution in [3.63, 3.8) is 0 Å². The molecule has 4 aliphatic rings. The fourth-order valence-electron chi connectivity index (χ4n) is 7.74. The van der Waals surface area contributed by atoms with E-state index in [-0.39, 0.29) is 0 Å². The SMILES string of the molecule is CC1CCC2C3CCC4CC(=O)C[C@H](C)C4(C)C3CCC12C. The molecular formula is C21H34O. The minimum atomic E-state index is 0.448. The minimum absolute atomic E-state index is 0.448. The number of carbonyl (C=O) groups is 1. The van der Waals surface area contributed by atoms with E-state index in [1.807, 2.05) is 0 Å². The quantitative estimate of drug-likeness (QED) is 0.579. The van der Waals surface area contributed by atoms with Crippen molar-refractivity contribution in [2.24, 2.45) is 46.3 Å². The standard InChI is InChI=1S/C21H34O/c1-13-5-8-18-17-7-6-15-12-16(22)11-14(2)21(15,4)19(17)9-10-20(13,18)3/h13-15,17-19H,5-12H2,1-4H3/t13?,14-,15?,17?,18?,19?,20?,21?/m0/s1. The van der Waals surface area contributed by atoms with Crippen LogP contribution in [0.2, 0.25) is 0 Å². The fraction of sp³-hybridized carbons (Fsp3) is 0.952. The van der Waals surface area contributed by atoms with E-state index in [9.17, 15) is 4.79 Å². The molecule has 0 amide bonds. The molecule has 1 heteroatoms. The highest BCUT2D eigenvalue weighted by atomic mass is 16.1. The fourth-order valence-corrected chi connectivity index (χ4v) is 7.74. The number of rotatable bonds is 0. The van der Waals surface area contributed by atoms with Gasteiger partial charge in [-0.1, -0.05) is 27.7 Å². The summed E-state index contributed by atoms with van der Waals surface area (Å²) >= 11 is 0. The Hall–Kier alpha value is -0.330. The molecule has 4 aliphatic carbocycles. The van der Waals surface area contributed by atoms with Crippen molar-refractivity contribution in [3.05, 3.63) is 0 Å². The van der Waals surface area contributed by atoms with Crippen LogP contribution in [0.1, 0.15) is 79.1 Å². The molecule has 124 valence electrons. The normalized spacial score (nSPS) is 57.9. The summed E-state index contributed by atoms with van der Waals surface area (Å²) in [7, 11) is 0. The van der Waals surface area contributed by atoms with Crippen LogP contribution in [0, 0.1) is 46.3 Å². The maximum absolute atomic E-state index is 12.1. The number of hydrogen-bond donors (Lipinski definition) is 0. The topological polar surface area (TPSA) is 17.1 Å². The smallest absolute Gasteiger partial charge is 0.133 e. The molecule has 0 bridgehead atoms. The van der Waals surface area contributed by atoms with Crippen molar-refractivity contribution < 1.29 is 4.79 Å². The number of carbonyl (C=O) groups excluding carboxylic acids is 1. The van der Waals surface area contributed by atoms with Gasteiger partial charge in [-0.15, -0.1) is 0 Å². The first-order chi connectivity index (χ1) is 10.4. The van der Waals surface area contributed by atoms with Crippen LogP contribution >= 0.6 is 0 Å². The van der Waals surface area contributed by atoms with E-state index in [0.29, 0.717) is 28.4 Å².